The zero-order chi connectivity index (χ0) is 12.3. The third kappa shape index (κ3) is 3.43. The number of benzene rings is 1. The van der Waals surface area contributed by atoms with Crippen molar-refractivity contribution in [1.29, 1.82) is 0 Å². The van der Waals surface area contributed by atoms with Crippen molar-refractivity contribution in [1.82, 2.24) is 0 Å². The average Bonchev–Trinajstić information content (AvgIpc) is 2.80. The van der Waals surface area contributed by atoms with E-state index >= 15 is 0 Å². The van der Waals surface area contributed by atoms with E-state index in [1.807, 2.05) is 6.07 Å². The van der Waals surface area contributed by atoms with E-state index in [1.165, 1.54) is 17.8 Å². The van der Waals surface area contributed by atoms with Crippen LogP contribution in [0.3, 0.4) is 0 Å². The van der Waals surface area contributed by atoms with Gasteiger partial charge in [-0.05, 0) is 25.0 Å². The van der Waals surface area contributed by atoms with Gasteiger partial charge >= 0.3 is 0 Å². The number of nitro groups is 1. The minimum absolute atomic E-state index is 0.155. The van der Waals surface area contributed by atoms with E-state index in [4.69, 9.17) is 4.74 Å². The lowest BCUT2D eigenvalue weighted by Crippen LogP contribution is -2.07. The summed E-state index contributed by atoms with van der Waals surface area (Å²) in [7, 11) is 0. The van der Waals surface area contributed by atoms with Crippen molar-refractivity contribution in [2.24, 2.45) is 0 Å². The first-order valence-electron chi connectivity index (χ1n) is 5.35. The topological polar surface area (TPSA) is 52.4 Å². The maximum absolute atomic E-state index is 10.9. The first kappa shape index (κ1) is 12.9. The minimum Gasteiger partial charge on any atom is -0.377 e. The number of ether oxygens (including phenoxy) is 1. The van der Waals surface area contributed by atoms with Crippen molar-refractivity contribution in [2.45, 2.75) is 23.8 Å². The van der Waals surface area contributed by atoms with Crippen LogP contribution in [0.15, 0.2) is 27.6 Å². The van der Waals surface area contributed by atoms with Gasteiger partial charge in [-0.25, -0.2) is 0 Å². The molecule has 1 aromatic carbocycles. The smallest absolute Gasteiger partial charge is 0.284 e. The second-order valence-electron chi connectivity index (χ2n) is 3.82. The van der Waals surface area contributed by atoms with E-state index in [1.54, 1.807) is 6.07 Å². The lowest BCUT2D eigenvalue weighted by Gasteiger charge is -2.08. The molecule has 1 saturated heterocycles. The van der Waals surface area contributed by atoms with Crippen molar-refractivity contribution < 1.29 is 9.66 Å². The van der Waals surface area contributed by atoms with Crippen LogP contribution in [-0.2, 0) is 4.74 Å². The van der Waals surface area contributed by atoms with Gasteiger partial charge in [0.1, 0.15) is 0 Å². The van der Waals surface area contributed by atoms with Crippen LogP contribution >= 0.6 is 27.7 Å². The number of halogens is 1. The Hall–Kier alpha value is -0.590. The van der Waals surface area contributed by atoms with E-state index < -0.39 is 0 Å². The van der Waals surface area contributed by atoms with Gasteiger partial charge in [0.05, 0.1) is 15.9 Å². The largest absolute Gasteiger partial charge is 0.377 e. The summed E-state index contributed by atoms with van der Waals surface area (Å²) in [5.41, 5.74) is 0.155. The number of hydrogen-bond acceptors (Lipinski definition) is 4. The summed E-state index contributed by atoms with van der Waals surface area (Å²) < 4.78 is 6.23. The van der Waals surface area contributed by atoms with Gasteiger partial charge in [-0.3, -0.25) is 10.1 Å². The molecular weight excluding hydrogens is 306 g/mol. The molecule has 0 radical (unpaired) electrons. The Morgan fingerprint density at radius 1 is 1.59 bits per heavy atom. The standard InChI is InChI=1S/C11H12BrNO3S/c12-8-3-4-11(10(6-8)13(14)15)17-7-9-2-1-5-16-9/h3-4,6,9H,1-2,5,7H2. The number of nitrogens with zero attached hydrogens (tertiary/aromatic N) is 1. The average molecular weight is 318 g/mol. The second-order valence-corrected chi connectivity index (χ2v) is 5.79. The Morgan fingerprint density at radius 2 is 2.41 bits per heavy atom. The Bertz CT molecular complexity index is 421. The molecule has 6 heteroatoms. The lowest BCUT2D eigenvalue weighted by molar-refractivity contribution is -0.387. The predicted octanol–water partition coefficient (Wildman–Crippen LogP) is 3.63. The fourth-order valence-corrected chi connectivity index (χ4v) is 3.14. The molecule has 1 atom stereocenters. The first-order valence-corrected chi connectivity index (χ1v) is 7.13. The predicted molar refractivity (Wildman–Crippen MR) is 70.5 cm³/mol. The van der Waals surface area contributed by atoms with Crippen molar-refractivity contribution >= 4 is 33.4 Å². The number of thioether (sulfide) groups is 1. The van der Waals surface area contributed by atoms with Gasteiger partial charge in [0.25, 0.3) is 5.69 Å². The van der Waals surface area contributed by atoms with Crippen LogP contribution in [0.5, 0.6) is 0 Å². The summed E-state index contributed by atoms with van der Waals surface area (Å²) >= 11 is 4.74. The molecule has 0 saturated carbocycles. The molecule has 1 unspecified atom stereocenters. The number of nitro benzene ring substituents is 1. The van der Waals surface area contributed by atoms with Crippen molar-refractivity contribution in [3.8, 4) is 0 Å². The maximum atomic E-state index is 10.9. The Kier molecular flexibility index (Phi) is 4.42. The Balaban J connectivity index is 2.06. The zero-order valence-electron chi connectivity index (χ0n) is 9.10. The molecular formula is C11H12BrNO3S. The molecule has 4 nitrogen and oxygen atoms in total. The summed E-state index contributed by atoms with van der Waals surface area (Å²) in [6.45, 7) is 0.813. The third-order valence-corrected chi connectivity index (χ3v) is 4.25. The van der Waals surface area contributed by atoms with E-state index in [2.05, 4.69) is 15.9 Å². The summed E-state index contributed by atoms with van der Waals surface area (Å²) in [5.74, 6) is 0.780. The molecule has 0 aliphatic carbocycles. The normalized spacial score (nSPS) is 19.5. The molecule has 0 aromatic heterocycles. The first-order chi connectivity index (χ1) is 8.16. The number of hydrogen-bond donors (Lipinski definition) is 0. The molecule has 0 N–H and O–H groups in total. The molecule has 2 rings (SSSR count). The minimum atomic E-state index is -0.345. The van der Waals surface area contributed by atoms with Gasteiger partial charge in [-0.15, -0.1) is 11.8 Å². The highest BCUT2D eigenvalue weighted by Crippen LogP contribution is 2.33. The van der Waals surface area contributed by atoms with Crippen LogP contribution in [0.25, 0.3) is 0 Å². The zero-order valence-corrected chi connectivity index (χ0v) is 11.5. The number of rotatable bonds is 4. The van der Waals surface area contributed by atoms with Crippen LogP contribution < -0.4 is 0 Å². The molecule has 1 aromatic rings. The van der Waals surface area contributed by atoms with E-state index in [0.717, 1.165) is 29.7 Å². The highest BCUT2D eigenvalue weighted by atomic mass is 79.9. The van der Waals surface area contributed by atoms with E-state index in [0.29, 0.717) is 4.90 Å². The van der Waals surface area contributed by atoms with Crippen LogP contribution in [-0.4, -0.2) is 23.4 Å². The molecule has 0 amide bonds. The Morgan fingerprint density at radius 3 is 3.06 bits per heavy atom. The van der Waals surface area contributed by atoms with Crippen molar-refractivity contribution in [3.05, 3.63) is 32.8 Å². The molecule has 1 aliphatic rings. The molecule has 0 spiro atoms. The highest BCUT2D eigenvalue weighted by molar-refractivity contribution is 9.10. The van der Waals surface area contributed by atoms with Gasteiger partial charge in [-0.1, -0.05) is 15.9 Å². The van der Waals surface area contributed by atoms with Crippen molar-refractivity contribution in [3.63, 3.8) is 0 Å². The molecule has 1 heterocycles. The third-order valence-electron chi connectivity index (χ3n) is 2.57. The van der Waals surface area contributed by atoms with Gasteiger partial charge in [0.2, 0.25) is 0 Å². The van der Waals surface area contributed by atoms with E-state index in [9.17, 15) is 10.1 Å². The fraction of sp³-hybridized carbons (Fsp3) is 0.455. The van der Waals surface area contributed by atoms with Gasteiger partial charge in [-0.2, -0.15) is 0 Å². The molecule has 17 heavy (non-hydrogen) atoms. The maximum Gasteiger partial charge on any atom is 0.284 e. The molecule has 92 valence electrons. The van der Waals surface area contributed by atoms with Gasteiger partial charge in [0.15, 0.2) is 0 Å². The lowest BCUT2D eigenvalue weighted by atomic mass is 10.3. The van der Waals surface area contributed by atoms with Crippen LogP contribution in [0.4, 0.5) is 5.69 Å². The quantitative estimate of drug-likeness (QED) is 0.483. The molecule has 0 bridgehead atoms. The molecule has 1 aliphatic heterocycles. The SMILES string of the molecule is O=[N+]([O-])c1cc(Br)ccc1SCC1CCCO1. The van der Waals surface area contributed by atoms with E-state index in [-0.39, 0.29) is 16.7 Å². The summed E-state index contributed by atoms with van der Waals surface area (Å²) in [6.07, 6.45) is 2.38. The van der Waals surface area contributed by atoms with Crippen LogP contribution in [0, 0.1) is 10.1 Å². The van der Waals surface area contributed by atoms with Crippen LogP contribution in [0.1, 0.15) is 12.8 Å². The Labute approximate surface area is 112 Å². The van der Waals surface area contributed by atoms with Gasteiger partial charge < -0.3 is 4.74 Å². The summed E-state index contributed by atoms with van der Waals surface area (Å²) in [6, 6.07) is 5.14. The van der Waals surface area contributed by atoms with Gasteiger partial charge in [0, 0.05) is 22.9 Å². The van der Waals surface area contributed by atoms with Crippen molar-refractivity contribution in [2.75, 3.05) is 12.4 Å². The summed E-state index contributed by atoms with van der Waals surface area (Å²) in [5, 5.41) is 10.9. The second kappa shape index (κ2) is 5.84. The fourth-order valence-electron chi connectivity index (χ4n) is 1.71. The van der Waals surface area contributed by atoms with Crippen LogP contribution in [0.2, 0.25) is 0 Å². The summed E-state index contributed by atoms with van der Waals surface area (Å²) in [4.78, 5) is 11.3. The monoisotopic (exact) mass is 317 g/mol. The molecule has 1 fully saturated rings. The highest BCUT2D eigenvalue weighted by Gasteiger charge is 2.19.